The summed E-state index contributed by atoms with van der Waals surface area (Å²) >= 11 is 3.41. The minimum Gasteiger partial charge on any atom is -0.493 e. The van der Waals surface area contributed by atoms with E-state index in [0.29, 0.717) is 29.4 Å². The molecule has 0 aliphatic carbocycles. The van der Waals surface area contributed by atoms with Gasteiger partial charge >= 0.3 is 0 Å². The molecular formula is C19H16BrN5O2. The smallest absolute Gasteiger partial charge is 0.222 e. The third-order valence-electron chi connectivity index (χ3n) is 3.82. The number of hydrogen-bond donors (Lipinski definition) is 2. The summed E-state index contributed by atoms with van der Waals surface area (Å²) in [6.45, 7) is 0.304. The Morgan fingerprint density at radius 1 is 1.11 bits per heavy atom. The average molecular weight is 426 g/mol. The van der Waals surface area contributed by atoms with Gasteiger partial charge in [-0.3, -0.25) is 0 Å². The van der Waals surface area contributed by atoms with E-state index in [-0.39, 0.29) is 17.3 Å². The number of ether oxygens (including phenoxy) is 2. The van der Waals surface area contributed by atoms with Gasteiger partial charge in [-0.15, -0.1) is 0 Å². The van der Waals surface area contributed by atoms with Crippen molar-refractivity contribution in [2.75, 3.05) is 18.6 Å². The fourth-order valence-corrected chi connectivity index (χ4v) is 2.81. The van der Waals surface area contributed by atoms with E-state index >= 15 is 0 Å². The Kier molecular flexibility index (Phi) is 5.43. The fraction of sp³-hybridized carbons (Fsp3) is 0.105. The summed E-state index contributed by atoms with van der Waals surface area (Å²) in [6, 6.07) is 15.1. The van der Waals surface area contributed by atoms with Crippen LogP contribution in [0.4, 0.5) is 11.8 Å². The Morgan fingerprint density at radius 3 is 2.52 bits per heavy atom. The van der Waals surface area contributed by atoms with Crippen LogP contribution < -0.4 is 20.9 Å². The molecule has 8 heteroatoms. The number of nitriles is 1. The van der Waals surface area contributed by atoms with E-state index in [9.17, 15) is 5.26 Å². The van der Waals surface area contributed by atoms with Gasteiger partial charge in [0.2, 0.25) is 5.95 Å². The molecule has 0 bridgehead atoms. The second-order valence-corrected chi connectivity index (χ2v) is 6.47. The summed E-state index contributed by atoms with van der Waals surface area (Å²) in [4.78, 5) is 8.05. The number of benzene rings is 2. The Balaban J connectivity index is 2.07. The zero-order valence-corrected chi connectivity index (χ0v) is 16.0. The zero-order valence-electron chi connectivity index (χ0n) is 14.4. The molecule has 2 aromatic carbocycles. The number of nitrogens with two attached hydrogens (primary N) is 2. The van der Waals surface area contributed by atoms with Gasteiger partial charge in [0.15, 0.2) is 11.5 Å². The summed E-state index contributed by atoms with van der Waals surface area (Å²) in [5.74, 6) is 0.936. The summed E-state index contributed by atoms with van der Waals surface area (Å²) in [6.07, 6.45) is 0. The zero-order chi connectivity index (χ0) is 19.4. The van der Waals surface area contributed by atoms with Crippen LogP contribution in [0.2, 0.25) is 0 Å². The molecule has 136 valence electrons. The number of aromatic nitrogens is 2. The van der Waals surface area contributed by atoms with Crippen molar-refractivity contribution < 1.29 is 9.47 Å². The van der Waals surface area contributed by atoms with Crippen molar-refractivity contribution in [1.29, 1.82) is 5.26 Å². The van der Waals surface area contributed by atoms with Crippen LogP contribution in [0.15, 0.2) is 46.9 Å². The number of hydrogen-bond acceptors (Lipinski definition) is 7. The molecule has 3 rings (SSSR count). The van der Waals surface area contributed by atoms with Gasteiger partial charge in [0.1, 0.15) is 24.1 Å². The lowest BCUT2D eigenvalue weighted by atomic mass is 10.1. The lowest BCUT2D eigenvalue weighted by Crippen LogP contribution is -2.06. The van der Waals surface area contributed by atoms with Crippen molar-refractivity contribution >= 4 is 27.7 Å². The van der Waals surface area contributed by atoms with Crippen molar-refractivity contribution in [3.05, 3.63) is 58.1 Å². The van der Waals surface area contributed by atoms with Gasteiger partial charge in [0, 0.05) is 10.0 Å². The Labute approximate surface area is 164 Å². The standard InChI is InChI=1S/C19H16BrN5O2/c1-26-15-4-2-3-13(16-14(9-21)18(22)25-19(23)24-16)17(15)27-10-11-5-7-12(20)8-6-11/h2-8H,10H2,1H3,(H4,22,23,24,25). The maximum absolute atomic E-state index is 9.48. The van der Waals surface area contributed by atoms with Crippen LogP contribution in [0.5, 0.6) is 11.5 Å². The van der Waals surface area contributed by atoms with Gasteiger partial charge in [-0.05, 0) is 29.8 Å². The molecule has 0 fully saturated rings. The molecular weight excluding hydrogens is 410 g/mol. The number of methoxy groups -OCH3 is 1. The monoisotopic (exact) mass is 425 g/mol. The van der Waals surface area contributed by atoms with Crippen LogP contribution in [-0.2, 0) is 6.61 Å². The first-order valence-electron chi connectivity index (χ1n) is 7.91. The SMILES string of the molecule is COc1cccc(-c2nc(N)nc(N)c2C#N)c1OCc1ccc(Br)cc1. The molecule has 0 amide bonds. The first kappa shape index (κ1) is 18.5. The molecule has 1 heterocycles. The van der Waals surface area contributed by atoms with Crippen LogP contribution in [0.3, 0.4) is 0 Å². The largest absolute Gasteiger partial charge is 0.493 e. The first-order chi connectivity index (χ1) is 13.0. The molecule has 0 aliphatic rings. The maximum Gasteiger partial charge on any atom is 0.222 e. The highest BCUT2D eigenvalue weighted by molar-refractivity contribution is 9.10. The Morgan fingerprint density at radius 2 is 1.85 bits per heavy atom. The van der Waals surface area contributed by atoms with Crippen molar-refractivity contribution in [3.63, 3.8) is 0 Å². The van der Waals surface area contributed by atoms with Gasteiger partial charge in [0.05, 0.1) is 12.8 Å². The predicted octanol–water partition coefficient (Wildman–Crippen LogP) is 3.53. The van der Waals surface area contributed by atoms with Crippen LogP contribution >= 0.6 is 15.9 Å². The van der Waals surface area contributed by atoms with Gasteiger partial charge in [0.25, 0.3) is 0 Å². The average Bonchev–Trinajstić information content (AvgIpc) is 2.66. The van der Waals surface area contributed by atoms with Crippen LogP contribution in [-0.4, -0.2) is 17.1 Å². The number of rotatable bonds is 5. The third kappa shape index (κ3) is 3.93. The number of nitrogens with zero attached hydrogens (tertiary/aromatic N) is 3. The van der Waals surface area contributed by atoms with Crippen LogP contribution in [0.25, 0.3) is 11.3 Å². The number of para-hydroxylation sites is 1. The molecule has 0 saturated heterocycles. The molecule has 0 unspecified atom stereocenters. The summed E-state index contributed by atoms with van der Waals surface area (Å²) in [5, 5.41) is 9.48. The van der Waals surface area contributed by atoms with E-state index < -0.39 is 0 Å². The summed E-state index contributed by atoms with van der Waals surface area (Å²) in [7, 11) is 1.54. The second kappa shape index (κ2) is 7.93. The van der Waals surface area contributed by atoms with Crippen LogP contribution in [0, 0.1) is 11.3 Å². The van der Waals surface area contributed by atoms with Crippen molar-refractivity contribution in [2.24, 2.45) is 0 Å². The van der Waals surface area contributed by atoms with Gasteiger partial charge in [-0.1, -0.05) is 34.1 Å². The first-order valence-corrected chi connectivity index (χ1v) is 8.70. The highest BCUT2D eigenvalue weighted by Gasteiger charge is 2.20. The van der Waals surface area contributed by atoms with E-state index in [1.165, 1.54) is 0 Å². The van der Waals surface area contributed by atoms with E-state index in [4.69, 9.17) is 20.9 Å². The maximum atomic E-state index is 9.48. The van der Waals surface area contributed by atoms with Crippen molar-refractivity contribution in [1.82, 2.24) is 9.97 Å². The van der Waals surface area contributed by atoms with E-state index in [2.05, 4.69) is 25.9 Å². The minimum atomic E-state index is -0.0248. The summed E-state index contributed by atoms with van der Waals surface area (Å²) < 4.78 is 12.4. The molecule has 0 radical (unpaired) electrons. The Hall–Kier alpha value is -3.31. The highest BCUT2D eigenvalue weighted by atomic mass is 79.9. The lowest BCUT2D eigenvalue weighted by molar-refractivity contribution is 0.286. The van der Waals surface area contributed by atoms with E-state index in [1.807, 2.05) is 30.3 Å². The highest BCUT2D eigenvalue weighted by Crippen LogP contribution is 2.40. The molecule has 1 aromatic heterocycles. The lowest BCUT2D eigenvalue weighted by Gasteiger charge is -2.16. The number of halogens is 1. The number of nitrogen functional groups attached to an aromatic ring is 2. The molecule has 0 aliphatic heterocycles. The molecule has 0 saturated carbocycles. The summed E-state index contributed by atoms with van der Waals surface area (Å²) in [5.41, 5.74) is 13.5. The van der Waals surface area contributed by atoms with Gasteiger partial charge in [-0.25, -0.2) is 4.98 Å². The number of anilines is 2. The van der Waals surface area contributed by atoms with E-state index in [0.717, 1.165) is 10.0 Å². The Bertz CT molecular complexity index is 1020. The van der Waals surface area contributed by atoms with Crippen LogP contribution in [0.1, 0.15) is 11.1 Å². The van der Waals surface area contributed by atoms with Crippen molar-refractivity contribution in [2.45, 2.75) is 6.61 Å². The molecule has 27 heavy (non-hydrogen) atoms. The third-order valence-corrected chi connectivity index (χ3v) is 4.35. The molecule has 3 aromatic rings. The molecule has 7 nitrogen and oxygen atoms in total. The molecule has 0 spiro atoms. The molecule has 0 atom stereocenters. The van der Waals surface area contributed by atoms with Crippen molar-refractivity contribution in [3.8, 4) is 28.8 Å². The fourth-order valence-electron chi connectivity index (χ4n) is 2.55. The van der Waals surface area contributed by atoms with Gasteiger partial charge < -0.3 is 20.9 Å². The van der Waals surface area contributed by atoms with Gasteiger partial charge in [-0.2, -0.15) is 10.2 Å². The van der Waals surface area contributed by atoms with E-state index in [1.54, 1.807) is 25.3 Å². The second-order valence-electron chi connectivity index (χ2n) is 5.55. The normalized spacial score (nSPS) is 10.3. The quantitative estimate of drug-likeness (QED) is 0.640. The predicted molar refractivity (Wildman–Crippen MR) is 106 cm³/mol. The molecule has 4 N–H and O–H groups in total. The minimum absolute atomic E-state index is 0.0154. The topological polar surface area (TPSA) is 120 Å².